The third-order valence-electron chi connectivity index (χ3n) is 4.06. The number of carbonyl (C=O) groups is 2. The molecule has 6 nitrogen and oxygen atoms in total. The van der Waals surface area contributed by atoms with Crippen LogP contribution in [0.25, 0.3) is 0 Å². The SMILES string of the molecule is COc1cccc(C(=O)NCC(=O)OCc2ccccc2Oc2ccccc2)c1. The number of carbonyl (C=O) groups excluding carboxylic acids is 2. The van der Waals surface area contributed by atoms with Gasteiger partial charge in [-0.15, -0.1) is 0 Å². The highest BCUT2D eigenvalue weighted by molar-refractivity contribution is 5.96. The van der Waals surface area contributed by atoms with Gasteiger partial charge in [0.25, 0.3) is 5.91 Å². The summed E-state index contributed by atoms with van der Waals surface area (Å²) in [6.45, 7) is -0.200. The van der Waals surface area contributed by atoms with Gasteiger partial charge in [0.1, 0.15) is 30.4 Å². The second kappa shape index (κ2) is 9.94. The zero-order chi connectivity index (χ0) is 20.5. The molecule has 29 heavy (non-hydrogen) atoms. The summed E-state index contributed by atoms with van der Waals surface area (Å²) in [5.74, 6) is 0.934. The van der Waals surface area contributed by atoms with E-state index in [4.69, 9.17) is 14.2 Å². The summed E-state index contributed by atoms with van der Waals surface area (Å²) in [5.41, 5.74) is 1.13. The molecule has 0 radical (unpaired) electrons. The molecule has 6 heteroatoms. The highest BCUT2D eigenvalue weighted by atomic mass is 16.5. The Morgan fingerprint density at radius 2 is 1.59 bits per heavy atom. The molecule has 3 aromatic rings. The predicted octanol–water partition coefficient (Wildman–Crippen LogP) is 3.96. The minimum absolute atomic E-state index is 0.0386. The Morgan fingerprint density at radius 3 is 2.38 bits per heavy atom. The zero-order valence-electron chi connectivity index (χ0n) is 16.0. The zero-order valence-corrected chi connectivity index (χ0v) is 16.0. The molecule has 0 aliphatic carbocycles. The van der Waals surface area contributed by atoms with Gasteiger partial charge in [0.2, 0.25) is 0 Å². The number of hydrogen-bond acceptors (Lipinski definition) is 5. The van der Waals surface area contributed by atoms with Crippen molar-refractivity contribution in [2.24, 2.45) is 0 Å². The van der Waals surface area contributed by atoms with Crippen molar-refractivity contribution in [3.05, 3.63) is 90.0 Å². The maximum Gasteiger partial charge on any atom is 0.325 e. The molecule has 0 bridgehead atoms. The van der Waals surface area contributed by atoms with Crippen LogP contribution in [0.4, 0.5) is 0 Å². The summed E-state index contributed by atoms with van der Waals surface area (Å²) >= 11 is 0. The molecule has 0 saturated carbocycles. The van der Waals surface area contributed by atoms with Gasteiger partial charge in [-0.2, -0.15) is 0 Å². The molecule has 148 valence electrons. The third kappa shape index (κ3) is 5.84. The monoisotopic (exact) mass is 391 g/mol. The third-order valence-corrected chi connectivity index (χ3v) is 4.06. The van der Waals surface area contributed by atoms with E-state index in [0.29, 0.717) is 22.8 Å². The lowest BCUT2D eigenvalue weighted by molar-refractivity contribution is -0.143. The average molecular weight is 391 g/mol. The topological polar surface area (TPSA) is 73.9 Å². The number of para-hydroxylation sites is 2. The quantitative estimate of drug-likeness (QED) is 0.589. The van der Waals surface area contributed by atoms with Crippen molar-refractivity contribution >= 4 is 11.9 Å². The first-order chi connectivity index (χ1) is 14.2. The van der Waals surface area contributed by atoms with Crippen LogP contribution < -0.4 is 14.8 Å². The van der Waals surface area contributed by atoms with Crippen molar-refractivity contribution in [3.8, 4) is 17.2 Å². The number of nitrogens with one attached hydrogen (secondary N) is 1. The van der Waals surface area contributed by atoms with Gasteiger partial charge in [-0.05, 0) is 36.4 Å². The van der Waals surface area contributed by atoms with Crippen molar-refractivity contribution in [1.29, 1.82) is 0 Å². The van der Waals surface area contributed by atoms with E-state index in [1.54, 1.807) is 30.3 Å². The summed E-state index contributed by atoms with van der Waals surface area (Å²) in [4.78, 5) is 24.2. The first-order valence-corrected chi connectivity index (χ1v) is 9.04. The Hall–Kier alpha value is -3.80. The van der Waals surface area contributed by atoms with Gasteiger partial charge in [-0.25, -0.2) is 0 Å². The van der Waals surface area contributed by atoms with E-state index < -0.39 is 5.97 Å². The fourth-order valence-corrected chi connectivity index (χ4v) is 2.57. The maximum absolute atomic E-state index is 12.2. The van der Waals surface area contributed by atoms with Crippen molar-refractivity contribution in [3.63, 3.8) is 0 Å². The van der Waals surface area contributed by atoms with E-state index in [1.165, 1.54) is 7.11 Å². The predicted molar refractivity (Wildman–Crippen MR) is 108 cm³/mol. The standard InChI is InChI=1S/C23H21NO5/c1-27-20-12-7-9-17(14-20)23(26)24-15-22(25)28-16-18-8-5-6-13-21(18)29-19-10-3-2-4-11-19/h2-14H,15-16H2,1H3,(H,24,26). The first kappa shape index (κ1) is 19.9. The van der Waals surface area contributed by atoms with Crippen LogP contribution in [-0.4, -0.2) is 25.5 Å². The van der Waals surface area contributed by atoms with Crippen LogP contribution in [0.15, 0.2) is 78.9 Å². The van der Waals surface area contributed by atoms with Crippen LogP contribution in [0.5, 0.6) is 17.2 Å². The average Bonchev–Trinajstić information content (AvgIpc) is 2.77. The molecular weight excluding hydrogens is 370 g/mol. The van der Waals surface area contributed by atoms with Crippen molar-refractivity contribution in [2.75, 3.05) is 13.7 Å². The van der Waals surface area contributed by atoms with Gasteiger partial charge in [0, 0.05) is 11.1 Å². The molecule has 0 spiro atoms. The minimum Gasteiger partial charge on any atom is -0.497 e. The molecule has 3 rings (SSSR count). The Balaban J connectivity index is 1.52. The number of amides is 1. The minimum atomic E-state index is -0.546. The molecule has 0 saturated heterocycles. The van der Waals surface area contributed by atoms with E-state index in [1.807, 2.05) is 48.5 Å². The molecule has 0 heterocycles. The highest BCUT2D eigenvalue weighted by Crippen LogP contribution is 2.25. The van der Waals surface area contributed by atoms with Crippen LogP contribution in [0, 0.1) is 0 Å². The molecule has 1 N–H and O–H groups in total. The normalized spacial score (nSPS) is 10.1. The lowest BCUT2D eigenvalue weighted by atomic mass is 10.2. The summed E-state index contributed by atoms with van der Waals surface area (Å²) in [5, 5.41) is 2.54. The maximum atomic E-state index is 12.2. The van der Waals surface area contributed by atoms with Gasteiger partial charge in [0.05, 0.1) is 7.11 Å². The number of ether oxygens (including phenoxy) is 3. The van der Waals surface area contributed by atoms with Crippen molar-refractivity contribution < 1.29 is 23.8 Å². The molecular formula is C23H21NO5. The van der Waals surface area contributed by atoms with Crippen LogP contribution in [0.3, 0.4) is 0 Å². The molecule has 0 aliphatic heterocycles. The van der Waals surface area contributed by atoms with Gasteiger partial charge in [0.15, 0.2) is 0 Å². The van der Waals surface area contributed by atoms with Gasteiger partial charge < -0.3 is 19.5 Å². The van der Waals surface area contributed by atoms with Crippen molar-refractivity contribution in [1.82, 2.24) is 5.32 Å². The van der Waals surface area contributed by atoms with Crippen LogP contribution in [0.1, 0.15) is 15.9 Å². The summed E-state index contributed by atoms with van der Waals surface area (Å²) in [7, 11) is 1.52. The Kier molecular flexibility index (Phi) is 6.84. The van der Waals surface area contributed by atoms with Gasteiger partial charge >= 0.3 is 5.97 Å². The fraction of sp³-hybridized carbons (Fsp3) is 0.130. The largest absolute Gasteiger partial charge is 0.497 e. The number of methoxy groups -OCH3 is 1. The molecule has 0 aromatic heterocycles. The smallest absolute Gasteiger partial charge is 0.325 e. The molecule has 0 unspecified atom stereocenters. The van der Waals surface area contributed by atoms with Gasteiger partial charge in [-0.3, -0.25) is 9.59 Å². The van der Waals surface area contributed by atoms with Crippen LogP contribution >= 0.6 is 0 Å². The van der Waals surface area contributed by atoms with E-state index in [2.05, 4.69) is 5.32 Å². The van der Waals surface area contributed by atoms with Gasteiger partial charge in [-0.1, -0.05) is 42.5 Å². The lowest BCUT2D eigenvalue weighted by Crippen LogP contribution is -2.30. The second-order valence-corrected chi connectivity index (χ2v) is 6.10. The summed E-state index contributed by atoms with van der Waals surface area (Å²) < 4.78 is 16.2. The summed E-state index contributed by atoms with van der Waals surface area (Å²) in [6.07, 6.45) is 0. The van der Waals surface area contributed by atoms with Crippen LogP contribution in [-0.2, 0) is 16.1 Å². The molecule has 0 fully saturated rings. The second-order valence-electron chi connectivity index (χ2n) is 6.10. The lowest BCUT2D eigenvalue weighted by Gasteiger charge is -2.12. The summed E-state index contributed by atoms with van der Waals surface area (Å²) in [6, 6.07) is 23.3. The Morgan fingerprint density at radius 1 is 0.862 bits per heavy atom. The van der Waals surface area contributed by atoms with E-state index in [9.17, 15) is 9.59 Å². The fourth-order valence-electron chi connectivity index (χ4n) is 2.57. The highest BCUT2D eigenvalue weighted by Gasteiger charge is 2.11. The number of esters is 1. The molecule has 0 atom stereocenters. The van der Waals surface area contributed by atoms with E-state index >= 15 is 0 Å². The first-order valence-electron chi connectivity index (χ1n) is 9.04. The van der Waals surface area contributed by atoms with E-state index in [0.717, 1.165) is 5.56 Å². The number of rotatable bonds is 8. The number of benzene rings is 3. The van der Waals surface area contributed by atoms with Crippen molar-refractivity contribution in [2.45, 2.75) is 6.61 Å². The van der Waals surface area contributed by atoms with Crippen LogP contribution in [0.2, 0.25) is 0 Å². The Labute approximate surface area is 169 Å². The Bertz CT molecular complexity index is 972. The molecule has 0 aliphatic rings. The molecule has 1 amide bonds. The number of hydrogen-bond donors (Lipinski definition) is 1. The van der Waals surface area contributed by atoms with E-state index in [-0.39, 0.29) is 19.1 Å². The molecule has 3 aromatic carbocycles.